The Bertz CT molecular complexity index is 2690. The van der Waals surface area contributed by atoms with E-state index in [0.717, 1.165) is 72.4 Å². The number of phenols is 1. The van der Waals surface area contributed by atoms with Crippen molar-refractivity contribution < 1.29 is 9.52 Å². The third-order valence-electron chi connectivity index (χ3n) is 9.07. The van der Waals surface area contributed by atoms with E-state index in [1.54, 1.807) is 17.4 Å². The van der Waals surface area contributed by atoms with Crippen molar-refractivity contribution in [2.45, 2.75) is 6.92 Å². The van der Waals surface area contributed by atoms with E-state index >= 15 is 0 Å². The highest BCUT2D eigenvalue weighted by atomic mass is 32.1. The highest BCUT2D eigenvalue weighted by Crippen LogP contribution is 2.39. The molecule has 0 saturated heterocycles. The zero-order valence-corrected chi connectivity index (χ0v) is 28.0. The molecular formula is C45H30N2O2S. The maximum Gasteiger partial charge on any atom is 0.136 e. The molecule has 0 aliphatic rings. The van der Waals surface area contributed by atoms with E-state index in [-0.39, 0.29) is 5.75 Å². The third kappa shape index (κ3) is 5.54. The Morgan fingerprint density at radius 1 is 0.460 bits per heavy atom. The zero-order chi connectivity index (χ0) is 33.6. The standard InChI is InChI=1S/C45H30N2O2S/c1-28-22-34(45-21-20-44(50-45)32-18-19-36-35-14-6-8-17-42(35)49-43(36)27-32)26-38(46-28)30-12-9-13-31(23-30)39-24-33(29-10-3-2-4-11-29)25-40(47-39)37-15-5-7-16-41(37)48/h2-27,48H,1H3. The lowest BCUT2D eigenvalue weighted by Crippen LogP contribution is -1.93. The number of benzene rings is 5. The van der Waals surface area contributed by atoms with E-state index < -0.39 is 0 Å². The summed E-state index contributed by atoms with van der Waals surface area (Å²) < 4.78 is 6.17. The maximum absolute atomic E-state index is 10.7. The fourth-order valence-electron chi connectivity index (χ4n) is 6.63. The molecule has 50 heavy (non-hydrogen) atoms. The number of para-hydroxylation sites is 2. The number of aryl methyl sites for hydroxylation is 1. The van der Waals surface area contributed by atoms with Crippen LogP contribution in [0.3, 0.4) is 0 Å². The quantitative estimate of drug-likeness (QED) is 0.192. The Morgan fingerprint density at radius 3 is 1.96 bits per heavy atom. The van der Waals surface area contributed by atoms with Crippen molar-refractivity contribution >= 4 is 33.3 Å². The number of aromatic nitrogens is 2. The molecule has 0 aliphatic heterocycles. The second-order valence-corrected chi connectivity index (χ2v) is 13.5. The van der Waals surface area contributed by atoms with Crippen LogP contribution in [-0.2, 0) is 0 Å². The smallest absolute Gasteiger partial charge is 0.136 e. The van der Waals surface area contributed by atoms with Crippen LogP contribution in [0.2, 0.25) is 0 Å². The van der Waals surface area contributed by atoms with E-state index in [1.807, 2.05) is 67.6 Å². The van der Waals surface area contributed by atoms with Crippen LogP contribution in [0.4, 0.5) is 0 Å². The van der Waals surface area contributed by atoms with Gasteiger partial charge in [0.25, 0.3) is 0 Å². The normalized spacial score (nSPS) is 11.4. The summed E-state index contributed by atoms with van der Waals surface area (Å²) in [5.41, 5.74) is 12.3. The number of phenolic OH excluding ortho intramolecular Hbond substituents is 1. The SMILES string of the molecule is Cc1cc(-c2ccc(-c3ccc4c(c3)oc3ccccc34)s2)cc(-c2cccc(-c3cc(-c4ccccc4)cc(-c4ccccc4O)n3)c2)n1. The van der Waals surface area contributed by atoms with Crippen LogP contribution in [0.5, 0.6) is 5.75 Å². The molecule has 0 bridgehead atoms. The highest BCUT2D eigenvalue weighted by Gasteiger charge is 2.15. The number of hydrogen-bond donors (Lipinski definition) is 1. The van der Waals surface area contributed by atoms with Gasteiger partial charge in [-0.2, -0.15) is 0 Å². The molecule has 4 aromatic heterocycles. The van der Waals surface area contributed by atoms with Gasteiger partial charge in [0, 0.05) is 42.9 Å². The van der Waals surface area contributed by atoms with Gasteiger partial charge in [-0.25, -0.2) is 4.98 Å². The van der Waals surface area contributed by atoms with E-state index in [0.29, 0.717) is 11.3 Å². The lowest BCUT2D eigenvalue weighted by atomic mass is 9.98. The van der Waals surface area contributed by atoms with Crippen LogP contribution < -0.4 is 0 Å². The van der Waals surface area contributed by atoms with Gasteiger partial charge in [-0.3, -0.25) is 4.98 Å². The molecule has 9 aromatic rings. The van der Waals surface area contributed by atoms with Crippen molar-refractivity contribution in [3.63, 3.8) is 0 Å². The van der Waals surface area contributed by atoms with Gasteiger partial charge in [0.05, 0.1) is 17.1 Å². The molecule has 238 valence electrons. The van der Waals surface area contributed by atoms with Crippen LogP contribution >= 0.6 is 11.3 Å². The van der Waals surface area contributed by atoms with Crippen LogP contribution in [0.15, 0.2) is 162 Å². The molecule has 0 unspecified atom stereocenters. The van der Waals surface area contributed by atoms with E-state index in [1.165, 1.54) is 9.75 Å². The Morgan fingerprint density at radius 2 is 1.12 bits per heavy atom. The van der Waals surface area contributed by atoms with Gasteiger partial charge in [-0.15, -0.1) is 11.3 Å². The number of pyridine rings is 2. The molecular weight excluding hydrogens is 633 g/mol. The average Bonchev–Trinajstić information content (AvgIpc) is 3.81. The molecule has 1 N–H and O–H groups in total. The molecule has 0 aliphatic carbocycles. The minimum atomic E-state index is 0.202. The topological polar surface area (TPSA) is 59.2 Å². The number of rotatable bonds is 6. The summed E-state index contributed by atoms with van der Waals surface area (Å²) in [5.74, 6) is 0.202. The first-order chi connectivity index (χ1) is 24.6. The molecule has 9 rings (SSSR count). The molecule has 0 atom stereocenters. The molecule has 4 nitrogen and oxygen atoms in total. The van der Waals surface area contributed by atoms with E-state index in [9.17, 15) is 5.11 Å². The molecule has 0 saturated carbocycles. The monoisotopic (exact) mass is 662 g/mol. The van der Waals surface area contributed by atoms with Crippen LogP contribution in [0.25, 0.3) is 87.7 Å². The summed E-state index contributed by atoms with van der Waals surface area (Å²) in [5, 5.41) is 13.0. The number of nitrogens with zero attached hydrogens (tertiary/aromatic N) is 2. The Labute approximate surface area is 293 Å². The zero-order valence-electron chi connectivity index (χ0n) is 27.2. The Balaban J connectivity index is 1.08. The van der Waals surface area contributed by atoms with E-state index in [4.69, 9.17) is 14.4 Å². The summed E-state index contributed by atoms with van der Waals surface area (Å²) in [6.45, 7) is 2.05. The Hall–Kier alpha value is -6.30. The van der Waals surface area contributed by atoms with Gasteiger partial charge in [0.15, 0.2) is 0 Å². The fraction of sp³-hybridized carbons (Fsp3) is 0.0222. The van der Waals surface area contributed by atoms with Gasteiger partial charge in [0.2, 0.25) is 0 Å². The largest absolute Gasteiger partial charge is 0.507 e. The van der Waals surface area contributed by atoms with Crippen molar-refractivity contribution in [1.29, 1.82) is 0 Å². The van der Waals surface area contributed by atoms with Crippen LogP contribution in [0, 0.1) is 6.92 Å². The number of hydrogen-bond acceptors (Lipinski definition) is 5. The van der Waals surface area contributed by atoms with Crippen molar-refractivity contribution in [1.82, 2.24) is 9.97 Å². The summed E-state index contributed by atoms with van der Waals surface area (Å²) in [6.07, 6.45) is 0. The second-order valence-electron chi connectivity index (χ2n) is 12.4. The van der Waals surface area contributed by atoms with Gasteiger partial charge in [-0.05, 0) is 102 Å². The summed E-state index contributed by atoms with van der Waals surface area (Å²) in [6, 6.07) is 53.5. The fourth-order valence-corrected chi connectivity index (χ4v) is 7.62. The predicted octanol–water partition coefficient (Wildman–Crippen LogP) is 12.5. The minimum Gasteiger partial charge on any atom is -0.507 e. The van der Waals surface area contributed by atoms with E-state index in [2.05, 4.69) is 91.0 Å². The van der Waals surface area contributed by atoms with Gasteiger partial charge >= 0.3 is 0 Å². The van der Waals surface area contributed by atoms with Crippen LogP contribution in [0.1, 0.15) is 5.69 Å². The number of thiophene rings is 1. The van der Waals surface area contributed by atoms with Crippen molar-refractivity contribution in [2.24, 2.45) is 0 Å². The number of fused-ring (bicyclic) bond motifs is 3. The molecule has 0 amide bonds. The van der Waals surface area contributed by atoms with Crippen molar-refractivity contribution in [2.75, 3.05) is 0 Å². The second kappa shape index (κ2) is 12.3. The number of furan rings is 1. The lowest BCUT2D eigenvalue weighted by molar-refractivity contribution is 0.477. The maximum atomic E-state index is 10.7. The first kappa shape index (κ1) is 29.8. The molecule has 5 heteroatoms. The minimum absolute atomic E-state index is 0.202. The summed E-state index contributed by atoms with van der Waals surface area (Å²) >= 11 is 1.77. The number of aromatic hydroxyl groups is 1. The molecule has 5 aromatic carbocycles. The summed E-state index contributed by atoms with van der Waals surface area (Å²) in [7, 11) is 0. The summed E-state index contributed by atoms with van der Waals surface area (Å²) in [4.78, 5) is 12.4. The molecule has 0 spiro atoms. The Kier molecular flexibility index (Phi) is 7.33. The average molecular weight is 663 g/mol. The first-order valence-corrected chi connectivity index (χ1v) is 17.3. The lowest BCUT2D eigenvalue weighted by Gasteiger charge is -2.12. The first-order valence-electron chi connectivity index (χ1n) is 16.5. The predicted molar refractivity (Wildman–Crippen MR) is 206 cm³/mol. The van der Waals surface area contributed by atoms with Gasteiger partial charge in [-0.1, -0.05) is 84.9 Å². The molecule has 0 fully saturated rings. The van der Waals surface area contributed by atoms with Gasteiger partial charge < -0.3 is 9.52 Å². The van der Waals surface area contributed by atoms with Crippen molar-refractivity contribution in [3.8, 4) is 71.5 Å². The third-order valence-corrected chi connectivity index (χ3v) is 10.3. The molecule has 4 heterocycles. The van der Waals surface area contributed by atoms with Gasteiger partial charge in [0.1, 0.15) is 16.9 Å². The van der Waals surface area contributed by atoms with Crippen molar-refractivity contribution in [3.05, 3.63) is 163 Å². The van der Waals surface area contributed by atoms with Crippen LogP contribution in [-0.4, -0.2) is 15.1 Å². The highest BCUT2D eigenvalue weighted by molar-refractivity contribution is 7.18. The molecule has 0 radical (unpaired) electrons.